The summed E-state index contributed by atoms with van der Waals surface area (Å²) in [6.07, 6.45) is 6.50. The molecule has 1 aliphatic rings. The fourth-order valence-electron chi connectivity index (χ4n) is 3.27. The zero-order valence-electron chi connectivity index (χ0n) is 12.3. The molecule has 1 heterocycles. The molecule has 0 unspecified atom stereocenters. The summed E-state index contributed by atoms with van der Waals surface area (Å²) in [5.41, 5.74) is 3.29. The van der Waals surface area contributed by atoms with E-state index in [4.69, 9.17) is 0 Å². The van der Waals surface area contributed by atoms with Crippen molar-refractivity contribution >= 4 is 32.7 Å². The van der Waals surface area contributed by atoms with Crippen LogP contribution in [0.15, 0.2) is 22.7 Å². The molecule has 1 fully saturated rings. The molecule has 1 saturated carbocycles. The minimum Gasteiger partial charge on any atom is -0.358 e. The summed E-state index contributed by atoms with van der Waals surface area (Å²) < 4.78 is 1.04. The topological polar surface area (TPSA) is 44.9 Å². The van der Waals surface area contributed by atoms with E-state index in [9.17, 15) is 4.79 Å². The van der Waals surface area contributed by atoms with Crippen molar-refractivity contribution < 1.29 is 4.79 Å². The zero-order chi connectivity index (χ0) is 14.8. The third kappa shape index (κ3) is 3.31. The highest BCUT2D eigenvalue weighted by molar-refractivity contribution is 9.10. The van der Waals surface area contributed by atoms with Crippen LogP contribution in [0.1, 0.15) is 43.4 Å². The Bertz CT molecular complexity index is 656. The standard InChI is InChI=1S/C17H21BrN2O/c1-11-14(15-9-12(18)7-8-16(15)19-11)10-17(21)20-13-5-3-2-4-6-13/h7-9,13,19H,2-6,10H2,1H3,(H,20,21). The van der Waals surface area contributed by atoms with Crippen molar-refractivity contribution in [3.05, 3.63) is 33.9 Å². The number of hydrogen-bond donors (Lipinski definition) is 2. The summed E-state index contributed by atoms with van der Waals surface area (Å²) in [6, 6.07) is 6.53. The van der Waals surface area contributed by atoms with Crippen LogP contribution in [0.3, 0.4) is 0 Å². The van der Waals surface area contributed by atoms with Crippen molar-refractivity contribution in [2.24, 2.45) is 0 Å². The number of H-pyrrole nitrogens is 1. The number of carbonyl (C=O) groups excluding carboxylic acids is 1. The van der Waals surface area contributed by atoms with E-state index < -0.39 is 0 Å². The van der Waals surface area contributed by atoms with Crippen LogP contribution < -0.4 is 5.32 Å². The number of aromatic nitrogens is 1. The van der Waals surface area contributed by atoms with Crippen LogP contribution in [0.2, 0.25) is 0 Å². The van der Waals surface area contributed by atoms with Crippen molar-refractivity contribution in [1.82, 2.24) is 10.3 Å². The van der Waals surface area contributed by atoms with Gasteiger partial charge in [-0.05, 0) is 43.5 Å². The smallest absolute Gasteiger partial charge is 0.224 e. The maximum atomic E-state index is 12.3. The summed E-state index contributed by atoms with van der Waals surface area (Å²) in [5, 5.41) is 4.34. The Balaban J connectivity index is 1.76. The summed E-state index contributed by atoms with van der Waals surface area (Å²) in [6.45, 7) is 2.04. The van der Waals surface area contributed by atoms with E-state index in [0.717, 1.165) is 39.5 Å². The average Bonchev–Trinajstić information content (AvgIpc) is 2.76. The number of aromatic amines is 1. The predicted molar refractivity (Wildman–Crippen MR) is 89.5 cm³/mol. The minimum absolute atomic E-state index is 0.144. The van der Waals surface area contributed by atoms with Gasteiger partial charge in [-0.25, -0.2) is 0 Å². The quantitative estimate of drug-likeness (QED) is 0.856. The Morgan fingerprint density at radius 2 is 2.10 bits per heavy atom. The number of carbonyl (C=O) groups is 1. The lowest BCUT2D eigenvalue weighted by molar-refractivity contribution is -0.121. The number of benzene rings is 1. The lowest BCUT2D eigenvalue weighted by atomic mass is 9.95. The van der Waals surface area contributed by atoms with E-state index >= 15 is 0 Å². The van der Waals surface area contributed by atoms with E-state index in [2.05, 4.69) is 38.4 Å². The molecule has 21 heavy (non-hydrogen) atoms. The van der Waals surface area contributed by atoms with Gasteiger partial charge >= 0.3 is 0 Å². The maximum Gasteiger partial charge on any atom is 0.224 e. The van der Waals surface area contributed by atoms with Gasteiger partial charge in [-0.3, -0.25) is 4.79 Å². The second-order valence-electron chi connectivity index (χ2n) is 6.00. The summed E-state index contributed by atoms with van der Waals surface area (Å²) in [4.78, 5) is 15.7. The zero-order valence-corrected chi connectivity index (χ0v) is 13.9. The van der Waals surface area contributed by atoms with Gasteiger partial charge in [0.2, 0.25) is 5.91 Å². The number of amides is 1. The Morgan fingerprint density at radius 1 is 1.33 bits per heavy atom. The van der Waals surface area contributed by atoms with Gasteiger partial charge in [0.25, 0.3) is 0 Å². The third-order valence-electron chi connectivity index (χ3n) is 4.39. The third-order valence-corrected chi connectivity index (χ3v) is 4.88. The number of halogens is 1. The molecule has 0 bridgehead atoms. The van der Waals surface area contributed by atoms with Gasteiger partial charge in [0.15, 0.2) is 0 Å². The van der Waals surface area contributed by atoms with Crippen molar-refractivity contribution in [2.45, 2.75) is 51.5 Å². The van der Waals surface area contributed by atoms with E-state index in [1.54, 1.807) is 0 Å². The normalized spacial score (nSPS) is 16.3. The highest BCUT2D eigenvalue weighted by atomic mass is 79.9. The van der Waals surface area contributed by atoms with Crippen molar-refractivity contribution in [2.75, 3.05) is 0 Å². The molecule has 1 aromatic carbocycles. The first kappa shape index (κ1) is 14.6. The molecule has 2 N–H and O–H groups in total. The van der Waals surface area contributed by atoms with Crippen LogP contribution in [0.4, 0.5) is 0 Å². The van der Waals surface area contributed by atoms with Crippen LogP contribution in [0, 0.1) is 6.92 Å². The highest BCUT2D eigenvalue weighted by Gasteiger charge is 2.18. The van der Waals surface area contributed by atoms with E-state index in [1.807, 2.05) is 13.0 Å². The molecule has 1 amide bonds. The Kier molecular flexibility index (Phi) is 4.34. The van der Waals surface area contributed by atoms with Gasteiger partial charge in [-0.1, -0.05) is 35.2 Å². The molecule has 0 atom stereocenters. The van der Waals surface area contributed by atoms with Gasteiger partial charge in [0, 0.05) is 27.1 Å². The lowest BCUT2D eigenvalue weighted by Crippen LogP contribution is -2.37. The fraction of sp³-hybridized carbons (Fsp3) is 0.471. The Labute approximate surface area is 133 Å². The van der Waals surface area contributed by atoms with Crippen molar-refractivity contribution in [3.63, 3.8) is 0 Å². The number of nitrogens with one attached hydrogen (secondary N) is 2. The van der Waals surface area contributed by atoms with Crippen molar-refractivity contribution in [1.29, 1.82) is 0 Å². The maximum absolute atomic E-state index is 12.3. The predicted octanol–water partition coefficient (Wildman–Crippen LogP) is 4.23. The summed E-state index contributed by atoms with van der Waals surface area (Å²) >= 11 is 3.51. The number of fused-ring (bicyclic) bond motifs is 1. The molecular weight excluding hydrogens is 328 g/mol. The van der Waals surface area contributed by atoms with Crippen LogP contribution in [0.25, 0.3) is 10.9 Å². The molecule has 4 heteroatoms. The first-order valence-corrected chi connectivity index (χ1v) is 8.49. The van der Waals surface area contributed by atoms with E-state index in [0.29, 0.717) is 12.5 Å². The van der Waals surface area contributed by atoms with Gasteiger partial charge < -0.3 is 10.3 Å². The van der Waals surface area contributed by atoms with Crippen LogP contribution in [-0.4, -0.2) is 16.9 Å². The molecule has 3 nitrogen and oxygen atoms in total. The minimum atomic E-state index is 0.144. The van der Waals surface area contributed by atoms with Crippen molar-refractivity contribution in [3.8, 4) is 0 Å². The van der Waals surface area contributed by atoms with Crippen LogP contribution >= 0.6 is 15.9 Å². The van der Waals surface area contributed by atoms with Gasteiger partial charge in [0.1, 0.15) is 0 Å². The molecule has 0 aliphatic heterocycles. The molecular formula is C17H21BrN2O. The van der Waals surface area contributed by atoms with Gasteiger partial charge in [-0.2, -0.15) is 0 Å². The van der Waals surface area contributed by atoms with E-state index in [1.165, 1.54) is 19.3 Å². The highest BCUT2D eigenvalue weighted by Crippen LogP contribution is 2.26. The number of hydrogen-bond acceptors (Lipinski definition) is 1. The lowest BCUT2D eigenvalue weighted by Gasteiger charge is -2.22. The Morgan fingerprint density at radius 3 is 2.86 bits per heavy atom. The average molecular weight is 349 g/mol. The Hall–Kier alpha value is -1.29. The first-order chi connectivity index (χ1) is 10.1. The molecule has 0 saturated heterocycles. The molecule has 1 aromatic heterocycles. The second-order valence-corrected chi connectivity index (χ2v) is 6.91. The molecule has 112 valence electrons. The molecule has 2 aromatic rings. The number of rotatable bonds is 3. The summed E-state index contributed by atoms with van der Waals surface area (Å²) in [5.74, 6) is 0.144. The van der Waals surface area contributed by atoms with E-state index in [-0.39, 0.29) is 5.91 Å². The summed E-state index contributed by atoms with van der Waals surface area (Å²) in [7, 11) is 0. The molecule has 3 rings (SSSR count). The molecule has 0 radical (unpaired) electrons. The SMILES string of the molecule is Cc1[nH]c2ccc(Br)cc2c1CC(=O)NC1CCCCC1. The fourth-order valence-corrected chi connectivity index (χ4v) is 3.63. The molecule has 1 aliphatic carbocycles. The number of aryl methyl sites for hydroxylation is 1. The second kappa shape index (κ2) is 6.22. The van der Waals surface area contributed by atoms with Gasteiger partial charge in [-0.15, -0.1) is 0 Å². The largest absolute Gasteiger partial charge is 0.358 e. The van der Waals surface area contributed by atoms with Crippen LogP contribution in [-0.2, 0) is 11.2 Å². The van der Waals surface area contributed by atoms with Gasteiger partial charge in [0.05, 0.1) is 6.42 Å². The molecule has 0 spiro atoms. The van der Waals surface area contributed by atoms with Crippen LogP contribution in [0.5, 0.6) is 0 Å². The first-order valence-electron chi connectivity index (χ1n) is 7.69. The monoisotopic (exact) mass is 348 g/mol.